The zero-order valence-electron chi connectivity index (χ0n) is 9.56. The minimum atomic E-state index is -0.232. The van der Waals surface area contributed by atoms with E-state index in [2.05, 4.69) is 15.9 Å². The fourth-order valence-electron chi connectivity index (χ4n) is 1.43. The normalized spacial score (nSPS) is 10.3. The number of rotatable bonds is 4. The number of anilines is 1. The first-order valence-electron chi connectivity index (χ1n) is 5.36. The number of esters is 1. The maximum atomic E-state index is 11.6. The van der Waals surface area contributed by atoms with Gasteiger partial charge in [-0.15, -0.1) is 11.3 Å². The van der Waals surface area contributed by atoms with Crippen LogP contribution in [0.25, 0.3) is 0 Å². The number of ether oxygens (including phenoxy) is 1. The van der Waals surface area contributed by atoms with Crippen LogP contribution < -0.4 is 5.73 Å². The maximum absolute atomic E-state index is 11.6. The maximum Gasteiger partial charge on any atom is 0.310 e. The molecule has 2 aromatic rings. The predicted octanol–water partition coefficient (Wildman–Crippen LogP) is 3.38. The molecule has 0 radical (unpaired) electrons. The molecule has 5 heteroatoms. The smallest absolute Gasteiger partial charge is 0.310 e. The molecule has 2 rings (SSSR count). The van der Waals surface area contributed by atoms with Gasteiger partial charge in [0.05, 0.1) is 6.42 Å². The van der Waals surface area contributed by atoms with Crippen LogP contribution >= 0.6 is 27.3 Å². The summed E-state index contributed by atoms with van der Waals surface area (Å²) in [5.74, 6) is -0.232. The molecule has 0 atom stereocenters. The van der Waals surface area contributed by atoms with Crippen LogP contribution in [0, 0.1) is 0 Å². The molecule has 1 aromatic carbocycles. The Kier molecular flexibility index (Phi) is 4.38. The van der Waals surface area contributed by atoms with Gasteiger partial charge in [-0.05, 0) is 39.7 Å². The summed E-state index contributed by atoms with van der Waals surface area (Å²) in [6.07, 6.45) is 0.271. The van der Waals surface area contributed by atoms with Gasteiger partial charge < -0.3 is 10.5 Å². The third-order valence-corrected chi connectivity index (χ3v) is 4.00. The molecule has 18 heavy (non-hydrogen) atoms. The van der Waals surface area contributed by atoms with E-state index < -0.39 is 0 Å². The molecule has 0 aliphatic heterocycles. The summed E-state index contributed by atoms with van der Waals surface area (Å²) < 4.78 is 6.21. The summed E-state index contributed by atoms with van der Waals surface area (Å²) in [6, 6.07) is 9.16. The van der Waals surface area contributed by atoms with E-state index in [9.17, 15) is 4.79 Å². The van der Waals surface area contributed by atoms with Crippen LogP contribution in [0.1, 0.15) is 10.4 Å². The second kappa shape index (κ2) is 6.02. The average molecular weight is 326 g/mol. The van der Waals surface area contributed by atoms with Gasteiger partial charge in [-0.1, -0.05) is 12.1 Å². The molecule has 0 saturated heterocycles. The highest BCUT2D eigenvalue weighted by molar-refractivity contribution is 9.10. The van der Waals surface area contributed by atoms with E-state index in [4.69, 9.17) is 10.5 Å². The van der Waals surface area contributed by atoms with E-state index in [-0.39, 0.29) is 12.4 Å². The molecule has 0 unspecified atom stereocenters. The third-order valence-electron chi connectivity index (χ3n) is 2.33. The number of nitrogen functional groups attached to an aromatic ring is 1. The van der Waals surface area contributed by atoms with Gasteiger partial charge in [-0.25, -0.2) is 0 Å². The molecule has 0 aliphatic carbocycles. The van der Waals surface area contributed by atoms with Crippen molar-refractivity contribution in [1.29, 1.82) is 0 Å². The van der Waals surface area contributed by atoms with E-state index in [1.54, 1.807) is 23.5 Å². The van der Waals surface area contributed by atoms with Gasteiger partial charge in [-0.3, -0.25) is 4.79 Å². The fourth-order valence-corrected chi connectivity index (χ4v) is 2.80. The highest BCUT2D eigenvalue weighted by Crippen LogP contribution is 2.20. The Balaban J connectivity index is 1.83. The summed E-state index contributed by atoms with van der Waals surface area (Å²) in [7, 11) is 0. The summed E-state index contributed by atoms with van der Waals surface area (Å²) in [6.45, 7) is 0.323. The minimum Gasteiger partial charge on any atom is -0.460 e. The van der Waals surface area contributed by atoms with Gasteiger partial charge in [0.1, 0.15) is 6.61 Å². The molecule has 0 fully saturated rings. The monoisotopic (exact) mass is 325 g/mol. The van der Waals surface area contributed by atoms with Gasteiger partial charge in [0.2, 0.25) is 0 Å². The Hall–Kier alpha value is -1.33. The van der Waals surface area contributed by atoms with Gasteiger partial charge >= 0.3 is 5.97 Å². The van der Waals surface area contributed by atoms with Crippen molar-refractivity contribution >= 4 is 38.9 Å². The Labute approximate surface area is 118 Å². The number of thiophene rings is 1. The molecule has 0 bridgehead atoms. The first-order chi connectivity index (χ1) is 8.63. The summed E-state index contributed by atoms with van der Waals surface area (Å²) in [5, 5.41) is 1.96. The summed E-state index contributed by atoms with van der Waals surface area (Å²) in [4.78, 5) is 12.6. The number of hydrogen-bond acceptors (Lipinski definition) is 4. The van der Waals surface area contributed by atoms with Crippen molar-refractivity contribution in [3.05, 3.63) is 50.6 Å². The van der Waals surface area contributed by atoms with Crippen LogP contribution in [-0.4, -0.2) is 5.97 Å². The quantitative estimate of drug-likeness (QED) is 0.692. The number of nitrogens with two attached hydrogens (primary N) is 1. The number of hydrogen-bond donors (Lipinski definition) is 1. The lowest BCUT2D eigenvalue weighted by Crippen LogP contribution is -2.07. The van der Waals surface area contributed by atoms with Crippen molar-refractivity contribution in [3.8, 4) is 0 Å². The van der Waals surface area contributed by atoms with Gasteiger partial charge in [0, 0.05) is 20.4 Å². The largest absolute Gasteiger partial charge is 0.460 e. The topological polar surface area (TPSA) is 52.3 Å². The zero-order chi connectivity index (χ0) is 13.0. The highest BCUT2D eigenvalue weighted by Gasteiger charge is 2.06. The van der Waals surface area contributed by atoms with Gasteiger partial charge in [0.25, 0.3) is 0 Å². The van der Waals surface area contributed by atoms with E-state index in [1.165, 1.54) is 0 Å². The van der Waals surface area contributed by atoms with E-state index in [0.29, 0.717) is 12.3 Å². The lowest BCUT2D eigenvalue weighted by molar-refractivity contribution is -0.144. The summed E-state index contributed by atoms with van der Waals surface area (Å²) >= 11 is 4.92. The number of halogens is 1. The molecule has 94 valence electrons. The average Bonchev–Trinajstić information content (AvgIpc) is 2.76. The number of carbonyl (C=O) groups excluding carboxylic acids is 1. The van der Waals surface area contributed by atoms with Crippen LogP contribution in [0.4, 0.5) is 5.69 Å². The molecule has 0 aliphatic rings. The third kappa shape index (κ3) is 3.85. The fraction of sp³-hybridized carbons (Fsp3) is 0.154. The van der Waals surface area contributed by atoms with Gasteiger partial charge in [-0.2, -0.15) is 0 Å². The standard InChI is InChI=1S/C13H12BrNO2S/c14-10-6-12(18-8-10)7-17-13(16)5-9-1-3-11(15)4-2-9/h1-4,6,8H,5,7,15H2. The highest BCUT2D eigenvalue weighted by atomic mass is 79.9. The van der Waals surface area contributed by atoms with Crippen molar-refractivity contribution < 1.29 is 9.53 Å². The van der Waals surface area contributed by atoms with Crippen molar-refractivity contribution in [2.45, 2.75) is 13.0 Å². The first kappa shape index (κ1) is 13.1. The van der Waals surface area contributed by atoms with Crippen LogP contribution in [0.5, 0.6) is 0 Å². The Morgan fingerprint density at radius 1 is 1.33 bits per heavy atom. The van der Waals surface area contributed by atoms with Crippen molar-refractivity contribution in [1.82, 2.24) is 0 Å². The molecule has 3 nitrogen and oxygen atoms in total. The predicted molar refractivity (Wildman–Crippen MR) is 76.4 cm³/mol. The molecular weight excluding hydrogens is 314 g/mol. The van der Waals surface area contributed by atoms with Crippen LogP contribution in [0.2, 0.25) is 0 Å². The summed E-state index contributed by atoms with van der Waals surface area (Å²) in [5.41, 5.74) is 7.17. The second-order valence-electron chi connectivity index (χ2n) is 3.81. The molecule has 0 amide bonds. The molecule has 0 saturated carbocycles. The van der Waals surface area contributed by atoms with Crippen LogP contribution in [0.3, 0.4) is 0 Å². The Morgan fingerprint density at radius 2 is 2.06 bits per heavy atom. The SMILES string of the molecule is Nc1ccc(CC(=O)OCc2cc(Br)cs2)cc1. The molecule has 2 N–H and O–H groups in total. The Bertz CT molecular complexity index is 536. The molecular formula is C13H12BrNO2S. The lowest BCUT2D eigenvalue weighted by atomic mass is 10.1. The van der Waals surface area contributed by atoms with Crippen molar-refractivity contribution in [2.75, 3.05) is 5.73 Å². The van der Waals surface area contributed by atoms with Gasteiger partial charge in [0.15, 0.2) is 0 Å². The number of benzene rings is 1. The molecule has 0 spiro atoms. The minimum absolute atomic E-state index is 0.232. The van der Waals surface area contributed by atoms with E-state index in [0.717, 1.165) is 14.9 Å². The Morgan fingerprint density at radius 3 is 2.67 bits per heavy atom. The van der Waals surface area contributed by atoms with E-state index >= 15 is 0 Å². The second-order valence-corrected chi connectivity index (χ2v) is 5.72. The lowest BCUT2D eigenvalue weighted by Gasteiger charge is -2.03. The van der Waals surface area contributed by atoms with Crippen LogP contribution in [-0.2, 0) is 22.6 Å². The first-order valence-corrected chi connectivity index (χ1v) is 7.04. The number of carbonyl (C=O) groups is 1. The van der Waals surface area contributed by atoms with Crippen LogP contribution in [0.15, 0.2) is 40.2 Å². The zero-order valence-corrected chi connectivity index (χ0v) is 12.0. The van der Waals surface area contributed by atoms with Crippen molar-refractivity contribution in [2.24, 2.45) is 0 Å². The van der Waals surface area contributed by atoms with E-state index in [1.807, 2.05) is 23.6 Å². The molecule has 1 aromatic heterocycles. The van der Waals surface area contributed by atoms with Crippen molar-refractivity contribution in [3.63, 3.8) is 0 Å². The molecule has 1 heterocycles.